The average molecular weight is 301 g/mol. The van der Waals surface area contributed by atoms with Gasteiger partial charge in [0.25, 0.3) is 10.2 Å². The molecule has 1 saturated heterocycles. The van der Waals surface area contributed by atoms with E-state index in [9.17, 15) is 8.42 Å². The van der Waals surface area contributed by atoms with Gasteiger partial charge in [-0.3, -0.25) is 0 Å². The van der Waals surface area contributed by atoms with Gasteiger partial charge in [-0.25, -0.2) is 0 Å². The standard InChI is InChI=1S/C14H27N3O2S/c1-16(11-14-10-12-3-4-13(14)9-12)20(18,19)17-7-2-5-15-6-8-17/h12-15H,2-11H2,1H3. The van der Waals surface area contributed by atoms with Crippen molar-refractivity contribution in [2.75, 3.05) is 39.8 Å². The van der Waals surface area contributed by atoms with Crippen LogP contribution in [0.25, 0.3) is 0 Å². The third-order valence-electron chi connectivity index (χ3n) is 5.40. The van der Waals surface area contributed by atoms with Gasteiger partial charge in [-0.05, 0) is 50.0 Å². The number of hydrogen-bond donors (Lipinski definition) is 1. The van der Waals surface area contributed by atoms with E-state index in [2.05, 4.69) is 5.32 Å². The Labute approximate surface area is 122 Å². The Balaban J connectivity index is 1.61. The van der Waals surface area contributed by atoms with Gasteiger partial charge in [-0.2, -0.15) is 17.0 Å². The molecule has 5 nitrogen and oxygen atoms in total. The van der Waals surface area contributed by atoms with E-state index in [0.717, 1.165) is 31.3 Å². The third kappa shape index (κ3) is 2.89. The largest absolute Gasteiger partial charge is 0.315 e. The topological polar surface area (TPSA) is 52.7 Å². The van der Waals surface area contributed by atoms with Crippen molar-refractivity contribution < 1.29 is 8.42 Å². The van der Waals surface area contributed by atoms with Gasteiger partial charge in [0.05, 0.1) is 0 Å². The summed E-state index contributed by atoms with van der Waals surface area (Å²) in [5, 5.41) is 3.26. The average Bonchev–Trinajstić information content (AvgIpc) is 2.91. The zero-order chi connectivity index (χ0) is 14.2. The Morgan fingerprint density at radius 3 is 2.75 bits per heavy atom. The lowest BCUT2D eigenvalue weighted by molar-refractivity contribution is 0.268. The van der Waals surface area contributed by atoms with Crippen LogP contribution < -0.4 is 5.32 Å². The van der Waals surface area contributed by atoms with Gasteiger partial charge in [0.15, 0.2) is 0 Å². The highest BCUT2D eigenvalue weighted by atomic mass is 32.2. The van der Waals surface area contributed by atoms with E-state index in [4.69, 9.17) is 0 Å². The minimum atomic E-state index is -3.26. The van der Waals surface area contributed by atoms with E-state index in [1.54, 1.807) is 15.7 Å². The van der Waals surface area contributed by atoms with E-state index in [-0.39, 0.29) is 0 Å². The summed E-state index contributed by atoms with van der Waals surface area (Å²) in [6.45, 7) is 3.65. The quantitative estimate of drug-likeness (QED) is 0.839. The molecule has 1 N–H and O–H groups in total. The summed E-state index contributed by atoms with van der Waals surface area (Å²) >= 11 is 0. The molecule has 3 fully saturated rings. The van der Waals surface area contributed by atoms with E-state index in [0.29, 0.717) is 25.6 Å². The Morgan fingerprint density at radius 2 is 2.05 bits per heavy atom. The zero-order valence-electron chi connectivity index (χ0n) is 12.4. The number of nitrogens with zero attached hydrogens (tertiary/aromatic N) is 2. The predicted octanol–water partition coefficient (Wildman–Crippen LogP) is 0.895. The maximum absolute atomic E-state index is 12.7. The first-order valence-corrected chi connectivity index (χ1v) is 9.39. The molecule has 20 heavy (non-hydrogen) atoms. The Morgan fingerprint density at radius 1 is 1.20 bits per heavy atom. The molecule has 1 heterocycles. The number of rotatable bonds is 4. The first-order chi connectivity index (χ1) is 9.57. The van der Waals surface area contributed by atoms with E-state index < -0.39 is 10.2 Å². The van der Waals surface area contributed by atoms with Gasteiger partial charge in [0, 0.05) is 33.2 Å². The molecule has 0 radical (unpaired) electrons. The molecule has 0 spiro atoms. The summed E-state index contributed by atoms with van der Waals surface area (Å²) < 4.78 is 28.6. The van der Waals surface area contributed by atoms with Crippen LogP contribution in [0, 0.1) is 17.8 Å². The number of fused-ring (bicyclic) bond motifs is 2. The lowest BCUT2D eigenvalue weighted by Crippen LogP contribution is -2.45. The van der Waals surface area contributed by atoms with Crippen molar-refractivity contribution in [3.05, 3.63) is 0 Å². The monoisotopic (exact) mass is 301 g/mol. The van der Waals surface area contributed by atoms with Crippen molar-refractivity contribution in [1.29, 1.82) is 0 Å². The van der Waals surface area contributed by atoms with Crippen molar-refractivity contribution in [3.63, 3.8) is 0 Å². The molecule has 2 saturated carbocycles. The van der Waals surface area contributed by atoms with Crippen molar-refractivity contribution in [2.45, 2.75) is 32.1 Å². The number of hydrogen-bond acceptors (Lipinski definition) is 3. The highest BCUT2D eigenvalue weighted by Gasteiger charge is 2.41. The van der Waals surface area contributed by atoms with Crippen LogP contribution in [-0.4, -0.2) is 56.8 Å². The van der Waals surface area contributed by atoms with Crippen LogP contribution >= 0.6 is 0 Å². The van der Waals surface area contributed by atoms with Gasteiger partial charge in [0.2, 0.25) is 0 Å². The first-order valence-electron chi connectivity index (χ1n) is 7.99. The summed E-state index contributed by atoms with van der Waals surface area (Å²) in [6, 6.07) is 0. The fourth-order valence-corrected chi connectivity index (χ4v) is 5.73. The minimum absolute atomic E-state index is 0.596. The van der Waals surface area contributed by atoms with Gasteiger partial charge >= 0.3 is 0 Å². The fourth-order valence-electron chi connectivity index (χ4n) is 4.27. The van der Waals surface area contributed by atoms with Crippen molar-refractivity contribution in [1.82, 2.24) is 13.9 Å². The molecular weight excluding hydrogens is 274 g/mol. The highest BCUT2D eigenvalue weighted by Crippen LogP contribution is 2.48. The van der Waals surface area contributed by atoms with E-state index >= 15 is 0 Å². The van der Waals surface area contributed by atoms with Crippen molar-refractivity contribution in [2.24, 2.45) is 17.8 Å². The third-order valence-corrected chi connectivity index (χ3v) is 7.35. The van der Waals surface area contributed by atoms with Crippen LogP contribution in [0.2, 0.25) is 0 Å². The maximum Gasteiger partial charge on any atom is 0.281 e. The second kappa shape index (κ2) is 5.91. The predicted molar refractivity (Wildman–Crippen MR) is 79.5 cm³/mol. The molecular formula is C14H27N3O2S. The van der Waals surface area contributed by atoms with Crippen molar-refractivity contribution >= 4 is 10.2 Å². The van der Waals surface area contributed by atoms with Crippen LogP contribution in [0.3, 0.4) is 0 Å². The molecule has 0 aromatic rings. The summed E-state index contributed by atoms with van der Waals surface area (Å²) in [4.78, 5) is 0. The Hall–Kier alpha value is -0.170. The van der Waals surface area contributed by atoms with Crippen LogP contribution in [0.4, 0.5) is 0 Å². The summed E-state index contributed by atoms with van der Waals surface area (Å²) in [5.74, 6) is 2.26. The van der Waals surface area contributed by atoms with Gasteiger partial charge in [-0.1, -0.05) is 6.42 Å². The van der Waals surface area contributed by atoms with Gasteiger partial charge < -0.3 is 5.32 Å². The van der Waals surface area contributed by atoms with E-state index in [1.165, 1.54) is 25.7 Å². The van der Waals surface area contributed by atoms with Gasteiger partial charge in [-0.15, -0.1) is 0 Å². The molecule has 2 bridgehead atoms. The van der Waals surface area contributed by atoms with Crippen LogP contribution in [0.15, 0.2) is 0 Å². The molecule has 6 heteroatoms. The maximum atomic E-state index is 12.7. The first kappa shape index (κ1) is 14.8. The normalized spacial score (nSPS) is 35.6. The molecule has 116 valence electrons. The molecule has 3 rings (SSSR count). The Kier molecular flexibility index (Phi) is 4.36. The lowest BCUT2D eigenvalue weighted by atomic mass is 9.89. The molecule has 3 unspecified atom stereocenters. The zero-order valence-corrected chi connectivity index (χ0v) is 13.2. The van der Waals surface area contributed by atoms with Crippen LogP contribution in [0.1, 0.15) is 32.1 Å². The summed E-state index contributed by atoms with van der Waals surface area (Å²) in [6.07, 6.45) is 6.17. The van der Waals surface area contributed by atoms with Crippen LogP contribution in [0.5, 0.6) is 0 Å². The summed E-state index contributed by atoms with van der Waals surface area (Å²) in [5.41, 5.74) is 0. The molecule has 3 atom stereocenters. The Bertz CT molecular complexity index is 432. The summed E-state index contributed by atoms with van der Waals surface area (Å²) in [7, 11) is -1.50. The highest BCUT2D eigenvalue weighted by molar-refractivity contribution is 7.86. The molecule has 2 aliphatic carbocycles. The fraction of sp³-hybridized carbons (Fsp3) is 1.00. The molecule has 0 amide bonds. The number of nitrogens with one attached hydrogen (secondary N) is 1. The molecule has 1 aliphatic heterocycles. The lowest BCUT2D eigenvalue weighted by Gasteiger charge is -2.30. The molecule has 0 aromatic heterocycles. The molecule has 3 aliphatic rings. The SMILES string of the molecule is CN(CC1CC2CCC1C2)S(=O)(=O)N1CCCNCC1. The second-order valence-electron chi connectivity index (χ2n) is 6.73. The molecule has 0 aromatic carbocycles. The van der Waals surface area contributed by atoms with Gasteiger partial charge in [0.1, 0.15) is 0 Å². The van der Waals surface area contributed by atoms with Crippen molar-refractivity contribution in [3.8, 4) is 0 Å². The van der Waals surface area contributed by atoms with E-state index in [1.807, 2.05) is 0 Å². The minimum Gasteiger partial charge on any atom is -0.315 e. The smallest absolute Gasteiger partial charge is 0.281 e. The van der Waals surface area contributed by atoms with Crippen LogP contribution in [-0.2, 0) is 10.2 Å². The second-order valence-corrected chi connectivity index (χ2v) is 8.76.